The van der Waals surface area contributed by atoms with E-state index in [9.17, 15) is 4.79 Å². The Morgan fingerprint density at radius 3 is 2.74 bits per heavy atom. The molecule has 0 aliphatic rings. The van der Waals surface area contributed by atoms with Crippen LogP contribution >= 0.6 is 11.6 Å². The van der Waals surface area contributed by atoms with Gasteiger partial charge in [-0.05, 0) is 31.2 Å². The second kappa shape index (κ2) is 5.71. The highest BCUT2D eigenvalue weighted by Gasteiger charge is 2.17. The van der Waals surface area contributed by atoms with E-state index in [1.54, 1.807) is 24.4 Å². The number of benzene rings is 1. The van der Waals surface area contributed by atoms with E-state index in [1.165, 1.54) is 0 Å². The molecule has 0 saturated carbocycles. The van der Waals surface area contributed by atoms with Gasteiger partial charge >= 0.3 is 0 Å². The van der Waals surface area contributed by atoms with Gasteiger partial charge in [-0.1, -0.05) is 23.7 Å². The number of aromatic nitrogens is 1. The number of carbonyl (C=O) groups is 1. The Labute approximate surface area is 116 Å². The minimum atomic E-state index is -0.633. The van der Waals surface area contributed by atoms with Crippen LogP contribution in [-0.4, -0.2) is 10.9 Å². The van der Waals surface area contributed by atoms with Crippen molar-refractivity contribution in [1.82, 2.24) is 4.98 Å². The van der Waals surface area contributed by atoms with Gasteiger partial charge < -0.3 is 11.1 Å². The molecule has 1 aromatic carbocycles. The summed E-state index contributed by atoms with van der Waals surface area (Å²) in [5.74, 6) is -0.467. The molecular weight excluding hydrogens is 262 g/mol. The number of hydrogen-bond acceptors (Lipinski definition) is 3. The molecule has 0 spiro atoms. The maximum atomic E-state index is 11.6. The van der Waals surface area contributed by atoms with Gasteiger partial charge in [0.2, 0.25) is 5.91 Å². The molecule has 0 aliphatic heterocycles. The fraction of sp³-hybridized carbons (Fsp3) is 0.143. The van der Waals surface area contributed by atoms with Gasteiger partial charge in [0.1, 0.15) is 6.04 Å². The Balaban J connectivity index is 2.26. The van der Waals surface area contributed by atoms with Gasteiger partial charge in [-0.15, -0.1) is 0 Å². The van der Waals surface area contributed by atoms with Crippen molar-refractivity contribution in [2.45, 2.75) is 13.0 Å². The Kier molecular flexibility index (Phi) is 4.02. The number of halogens is 1. The predicted molar refractivity (Wildman–Crippen MR) is 76.0 cm³/mol. The monoisotopic (exact) mass is 275 g/mol. The maximum absolute atomic E-state index is 11.6. The Hall–Kier alpha value is -2.07. The number of hydrogen-bond donors (Lipinski definition) is 2. The van der Waals surface area contributed by atoms with E-state index in [4.69, 9.17) is 17.3 Å². The second-order valence-corrected chi connectivity index (χ2v) is 4.66. The van der Waals surface area contributed by atoms with E-state index < -0.39 is 11.9 Å². The molecule has 1 amide bonds. The molecule has 2 rings (SSSR count). The zero-order valence-electron chi connectivity index (χ0n) is 10.4. The van der Waals surface area contributed by atoms with Crippen molar-refractivity contribution >= 4 is 23.2 Å². The van der Waals surface area contributed by atoms with E-state index in [-0.39, 0.29) is 0 Å². The van der Waals surface area contributed by atoms with Gasteiger partial charge in [-0.25, -0.2) is 0 Å². The molecule has 0 radical (unpaired) electrons. The molecular formula is C14H14ClN3O. The maximum Gasteiger partial charge on any atom is 0.244 e. The van der Waals surface area contributed by atoms with Gasteiger partial charge in [-0.3, -0.25) is 9.78 Å². The molecule has 1 aromatic heterocycles. The number of aryl methyl sites for hydroxylation is 1. The van der Waals surface area contributed by atoms with Crippen LogP contribution in [0.15, 0.2) is 42.6 Å². The van der Waals surface area contributed by atoms with Crippen LogP contribution in [-0.2, 0) is 4.79 Å². The molecule has 3 N–H and O–H groups in total. The summed E-state index contributed by atoms with van der Waals surface area (Å²) in [7, 11) is 0. The van der Waals surface area contributed by atoms with Crippen LogP contribution in [0.2, 0.25) is 5.02 Å². The normalized spacial score (nSPS) is 11.9. The predicted octanol–water partition coefficient (Wildman–Crippen LogP) is 2.68. The SMILES string of the molecule is Cc1ccc(C(Nc2cccc(Cl)c2)C(N)=O)cn1. The molecule has 1 unspecified atom stereocenters. The number of anilines is 1. The standard InChI is InChI=1S/C14H14ClN3O/c1-9-5-6-10(8-17-9)13(14(16)19)18-12-4-2-3-11(15)7-12/h2-8,13,18H,1H3,(H2,16,19). The molecule has 1 heterocycles. The van der Waals surface area contributed by atoms with Crippen molar-refractivity contribution in [2.24, 2.45) is 5.73 Å². The highest BCUT2D eigenvalue weighted by molar-refractivity contribution is 6.30. The van der Waals surface area contributed by atoms with Crippen LogP contribution in [0.5, 0.6) is 0 Å². The zero-order chi connectivity index (χ0) is 13.8. The van der Waals surface area contributed by atoms with E-state index in [1.807, 2.05) is 25.1 Å². The number of rotatable bonds is 4. The number of nitrogens with two attached hydrogens (primary N) is 1. The number of pyridine rings is 1. The van der Waals surface area contributed by atoms with Crippen LogP contribution < -0.4 is 11.1 Å². The molecule has 4 nitrogen and oxygen atoms in total. The fourth-order valence-corrected chi connectivity index (χ4v) is 1.90. The average molecular weight is 276 g/mol. The molecule has 2 aromatic rings. The highest BCUT2D eigenvalue weighted by Crippen LogP contribution is 2.21. The van der Waals surface area contributed by atoms with Crippen LogP contribution in [0.1, 0.15) is 17.3 Å². The second-order valence-electron chi connectivity index (χ2n) is 4.22. The third-order valence-electron chi connectivity index (χ3n) is 2.69. The summed E-state index contributed by atoms with van der Waals surface area (Å²) in [5, 5.41) is 3.65. The first-order valence-electron chi connectivity index (χ1n) is 5.80. The topological polar surface area (TPSA) is 68.0 Å². The first-order chi connectivity index (χ1) is 9.06. The summed E-state index contributed by atoms with van der Waals surface area (Å²) in [6.07, 6.45) is 1.64. The number of nitrogens with zero attached hydrogens (tertiary/aromatic N) is 1. The fourth-order valence-electron chi connectivity index (χ4n) is 1.71. The molecule has 0 fully saturated rings. The van der Waals surface area contributed by atoms with Crippen molar-refractivity contribution in [3.05, 3.63) is 58.9 Å². The van der Waals surface area contributed by atoms with E-state index in [0.717, 1.165) is 16.9 Å². The smallest absolute Gasteiger partial charge is 0.244 e. The summed E-state index contributed by atoms with van der Waals surface area (Å²) < 4.78 is 0. The highest BCUT2D eigenvalue weighted by atomic mass is 35.5. The minimum absolute atomic E-state index is 0.467. The zero-order valence-corrected chi connectivity index (χ0v) is 11.2. The summed E-state index contributed by atoms with van der Waals surface area (Å²) in [5.41, 5.74) is 7.77. The van der Waals surface area contributed by atoms with Gasteiger partial charge in [0.25, 0.3) is 0 Å². The van der Waals surface area contributed by atoms with Crippen molar-refractivity contribution in [3.8, 4) is 0 Å². The Morgan fingerprint density at radius 2 is 2.16 bits per heavy atom. The average Bonchev–Trinajstić information content (AvgIpc) is 2.37. The van der Waals surface area contributed by atoms with Gasteiger partial charge in [0.05, 0.1) is 0 Å². The lowest BCUT2D eigenvalue weighted by Gasteiger charge is -2.17. The van der Waals surface area contributed by atoms with Crippen molar-refractivity contribution in [1.29, 1.82) is 0 Å². The third-order valence-corrected chi connectivity index (χ3v) is 2.92. The lowest BCUT2D eigenvalue weighted by molar-refractivity contribution is -0.118. The van der Waals surface area contributed by atoms with Gasteiger partial charge in [-0.2, -0.15) is 0 Å². The Morgan fingerprint density at radius 1 is 1.37 bits per heavy atom. The largest absolute Gasteiger partial charge is 0.370 e. The molecule has 5 heteroatoms. The van der Waals surface area contributed by atoms with Crippen molar-refractivity contribution < 1.29 is 4.79 Å². The third kappa shape index (κ3) is 3.45. The molecule has 0 saturated heterocycles. The lowest BCUT2D eigenvalue weighted by Crippen LogP contribution is -2.27. The van der Waals surface area contributed by atoms with Crippen LogP contribution in [0.25, 0.3) is 0 Å². The summed E-state index contributed by atoms with van der Waals surface area (Å²) in [6.45, 7) is 1.88. The number of carbonyl (C=O) groups excluding carboxylic acids is 1. The van der Waals surface area contributed by atoms with E-state index in [0.29, 0.717) is 5.02 Å². The molecule has 1 atom stereocenters. The Bertz CT molecular complexity index is 583. The number of nitrogens with one attached hydrogen (secondary N) is 1. The van der Waals surface area contributed by atoms with E-state index >= 15 is 0 Å². The van der Waals surface area contributed by atoms with Gasteiger partial charge in [0, 0.05) is 28.2 Å². The number of primary amides is 1. The summed E-state index contributed by atoms with van der Waals surface area (Å²) in [4.78, 5) is 15.7. The number of amides is 1. The van der Waals surface area contributed by atoms with Crippen molar-refractivity contribution in [2.75, 3.05) is 5.32 Å². The molecule has 0 aliphatic carbocycles. The quantitative estimate of drug-likeness (QED) is 0.901. The molecule has 19 heavy (non-hydrogen) atoms. The van der Waals surface area contributed by atoms with Gasteiger partial charge in [0.15, 0.2) is 0 Å². The summed E-state index contributed by atoms with van der Waals surface area (Å²) >= 11 is 5.91. The van der Waals surface area contributed by atoms with Crippen molar-refractivity contribution in [3.63, 3.8) is 0 Å². The van der Waals surface area contributed by atoms with Crippen LogP contribution in [0, 0.1) is 6.92 Å². The summed E-state index contributed by atoms with van der Waals surface area (Å²) in [6, 6.07) is 10.2. The van der Waals surface area contributed by atoms with Crippen LogP contribution in [0.3, 0.4) is 0 Å². The first-order valence-corrected chi connectivity index (χ1v) is 6.18. The van der Waals surface area contributed by atoms with E-state index in [2.05, 4.69) is 10.3 Å². The molecule has 0 bridgehead atoms. The lowest BCUT2D eigenvalue weighted by atomic mass is 10.1. The molecule has 98 valence electrons. The van der Waals surface area contributed by atoms with Crippen LogP contribution in [0.4, 0.5) is 5.69 Å². The minimum Gasteiger partial charge on any atom is -0.370 e. The first kappa shape index (κ1) is 13.4.